The van der Waals surface area contributed by atoms with Gasteiger partial charge in [0, 0.05) is 43.4 Å². The molecule has 0 bridgehead atoms. The Labute approximate surface area is 165 Å². The fourth-order valence-corrected chi connectivity index (χ4v) is 4.66. The van der Waals surface area contributed by atoms with Gasteiger partial charge in [-0.05, 0) is 30.5 Å². The SMILES string of the molecule is CC(=O)S[C@H]1C[C@@H](C2CCNC2=O)N(C(=O)OCc2ccc([N+](=O)[O-])cc2)C1. The summed E-state index contributed by atoms with van der Waals surface area (Å²) >= 11 is 1.18. The Balaban J connectivity index is 1.65. The van der Waals surface area contributed by atoms with Crippen molar-refractivity contribution in [2.45, 2.75) is 37.7 Å². The number of hydrogen-bond donors (Lipinski definition) is 1. The summed E-state index contributed by atoms with van der Waals surface area (Å²) < 4.78 is 5.38. The normalized spacial score (nSPS) is 24.1. The van der Waals surface area contributed by atoms with E-state index >= 15 is 0 Å². The van der Waals surface area contributed by atoms with Crippen molar-refractivity contribution >= 4 is 34.6 Å². The monoisotopic (exact) mass is 407 g/mol. The number of nitro benzene ring substituents is 1. The molecule has 3 rings (SSSR count). The molecule has 2 aliphatic rings. The second-order valence-electron chi connectivity index (χ2n) is 6.85. The number of nitro groups is 1. The molecule has 1 unspecified atom stereocenters. The summed E-state index contributed by atoms with van der Waals surface area (Å²) in [6.07, 6.45) is 0.664. The van der Waals surface area contributed by atoms with Gasteiger partial charge < -0.3 is 15.0 Å². The van der Waals surface area contributed by atoms with E-state index in [0.29, 0.717) is 31.5 Å². The van der Waals surface area contributed by atoms with Crippen molar-refractivity contribution in [3.8, 4) is 0 Å². The van der Waals surface area contributed by atoms with E-state index in [2.05, 4.69) is 5.32 Å². The van der Waals surface area contributed by atoms with Crippen LogP contribution in [0.5, 0.6) is 0 Å². The molecule has 1 aromatic rings. The van der Waals surface area contributed by atoms with Crippen LogP contribution >= 0.6 is 11.8 Å². The zero-order valence-corrected chi connectivity index (χ0v) is 16.1. The molecule has 10 heteroatoms. The van der Waals surface area contributed by atoms with E-state index in [0.717, 1.165) is 0 Å². The summed E-state index contributed by atoms with van der Waals surface area (Å²) in [5, 5.41) is 13.4. The lowest BCUT2D eigenvalue weighted by Gasteiger charge is -2.27. The third kappa shape index (κ3) is 4.61. The van der Waals surface area contributed by atoms with Crippen LogP contribution in [0.1, 0.15) is 25.3 Å². The van der Waals surface area contributed by atoms with Crippen molar-refractivity contribution in [2.75, 3.05) is 13.1 Å². The molecule has 2 aliphatic heterocycles. The zero-order valence-electron chi connectivity index (χ0n) is 15.3. The van der Waals surface area contributed by atoms with E-state index in [1.54, 1.807) is 4.90 Å². The van der Waals surface area contributed by atoms with E-state index in [-0.39, 0.29) is 40.5 Å². The lowest BCUT2D eigenvalue weighted by atomic mass is 9.96. The molecule has 2 saturated heterocycles. The predicted molar refractivity (Wildman–Crippen MR) is 102 cm³/mol. The smallest absolute Gasteiger partial charge is 0.410 e. The quantitative estimate of drug-likeness (QED) is 0.586. The molecule has 0 radical (unpaired) electrons. The largest absolute Gasteiger partial charge is 0.445 e. The van der Waals surface area contributed by atoms with Crippen molar-refractivity contribution in [1.82, 2.24) is 10.2 Å². The van der Waals surface area contributed by atoms with Crippen LogP contribution in [0.4, 0.5) is 10.5 Å². The highest BCUT2D eigenvalue weighted by molar-refractivity contribution is 8.14. The molecular formula is C18H21N3O6S. The number of non-ortho nitro benzene ring substituents is 1. The highest BCUT2D eigenvalue weighted by Gasteiger charge is 2.45. The highest BCUT2D eigenvalue weighted by Crippen LogP contribution is 2.35. The van der Waals surface area contributed by atoms with Crippen molar-refractivity contribution < 1.29 is 24.0 Å². The van der Waals surface area contributed by atoms with E-state index < -0.39 is 11.0 Å². The Bertz CT molecular complexity index is 784. The van der Waals surface area contributed by atoms with Crippen molar-refractivity contribution in [1.29, 1.82) is 0 Å². The summed E-state index contributed by atoms with van der Waals surface area (Å²) in [7, 11) is 0. The van der Waals surface area contributed by atoms with Crippen LogP contribution in [0.15, 0.2) is 24.3 Å². The van der Waals surface area contributed by atoms with Gasteiger partial charge in [-0.1, -0.05) is 11.8 Å². The minimum Gasteiger partial charge on any atom is -0.445 e. The van der Waals surface area contributed by atoms with E-state index in [9.17, 15) is 24.5 Å². The molecule has 0 saturated carbocycles. The summed E-state index contributed by atoms with van der Waals surface area (Å²) in [6, 6.07) is 5.47. The summed E-state index contributed by atoms with van der Waals surface area (Å²) in [5.74, 6) is -0.379. The third-order valence-corrected chi connectivity index (χ3v) is 5.94. The van der Waals surface area contributed by atoms with Crippen LogP contribution in [-0.2, 0) is 20.9 Å². The summed E-state index contributed by atoms with van der Waals surface area (Å²) in [5.41, 5.74) is 0.592. The van der Waals surface area contributed by atoms with Crippen molar-refractivity contribution in [3.05, 3.63) is 39.9 Å². The maximum Gasteiger partial charge on any atom is 0.410 e. The molecule has 0 aliphatic carbocycles. The Kier molecular flexibility index (Phi) is 6.18. The van der Waals surface area contributed by atoms with E-state index in [1.165, 1.54) is 43.0 Å². The van der Waals surface area contributed by atoms with Gasteiger partial charge in [-0.25, -0.2) is 4.79 Å². The number of likely N-dealkylation sites (tertiary alicyclic amines) is 1. The first kappa shape index (κ1) is 20.1. The van der Waals surface area contributed by atoms with Gasteiger partial charge in [0.25, 0.3) is 5.69 Å². The fourth-order valence-electron chi connectivity index (χ4n) is 3.66. The first-order valence-corrected chi connectivity index (χ1v) is 9.84. The number of nitrogens with one attached hydrogen (secondary N) is 1. The molecule has 9 nitrogen and oxygen atoms in total. The predicted octanol–water partition coefficient (Wildman–Crippen LogP) is 2.09. The van der Waals surface area contributed by atoms with Gasteiger partial charge in [-0.2, -0.15) is 0 Å². The van der Waals surface area contributed by atoms with Crippen LogP contribution in [-0.4, -0.2) is 51.3 Å². The topological polar surface area (TPSA) is 119 Å². The molecule has 28 heavy (non-hydrogen) atoms. The lowest BCUT2D eigenvalue weighted by Crippen LogP contribution is -2.42. The summed E-state index contributed by atoms with van der Waals surface area (Å²) in [6.45, 7) is 2.38. The van der Waals surface area contributed by atoms with Crippen LogP contribution in [0, 0.1) is 16.0 Å². The van der Waals surface area contributed by atoms with Gasteiger partial charge in [0.15, 0.2) is 5.12 Å². The van der Waals surface area contributed by atoms with Crippen LogP contribution in [0.2, 0.25) is 0 Å². The van der Waals surface area contributed by atoms with E-state index in [4.69, 9.17) is 4.74 Å². The second-order valence-corrected chi connectivity index (χ2v) is 8.33. The zero-order chi connectivity index (χ0) is 20.3. The number of rotatable bonds is 5. The maximum atomic E-state index is 12.7. The second kappa shape index (κ2) is 8.59. The van der Waals surface area contributed by atoms with Crippen LogP contribution < -0.4 is 5.32 Å². The number of nitrogens with zero attached hydrogens (tertiary/aromatic N) is 2. The first-order valence-electron chi connectivity index (χ1n) is 8.97. The number of thioether (sulfide) groups is 1. The molecular weight excluding hydrogens is 386 g/mol. The van der Waals surface area contributed by atoms with Gasteiger partial charge in [-0.15, -0.1) is 0 Å². The molecule has 0 aromatic heterocycles. The molecule has 150 valence electrons. The van der Waals surface area contributed by atoms with Crippen LogP contribution in [0.25, 0.3) is 0 Å². The number of hydrogen-bond acceptors (Lipinski definition) is 7. The van der Waals surface area contributed by atoms with Gasteiger partial charge in [0.2, 0.25) is 5.91 Å². The molecule has 1 N–H and O–H groups in total. The number of carbonyl (C=O) groups is 3. The Morgan fingerprint density at radius 2 is 2.07 bits per heavy atom. The number of ether oxygens (including phenoxy) is 1. The van der Waals surface area contributed by atoms with Gasteiger partial charge in [-0.3, -0.25) is 19.7 Å². The van der Waals surface area contributed by atoms with Crippen molar-refractivity contribution in [2.24, 2.45) is 5.92 Å². The number of benzene rings is 1. The van der Waals surface area contributed by atoms with Crippen LogP contribution in [0.3, 0.4) is 0 Å². The standard InChI is InChI=1S/C18H21N3O6S/c1-11(22)28-14-8-16(15-6-7-19-17(15)23)20(9-14)18(24)27-10-12-2-4-13(5-3-12)21(25)26/h2-5,14-16H,6-10H2,1H3,(H,19,23)/t14-,15?,16-/m0/s1. The average molecular weight is 407 g/mol. The molecule has 2 amide bonds. The Morgan fingerprint density at radius 3 is 2.64 bits per heavy atom. The van der Waals surface area contributed by atoms with Crippen molar-refractivity contribution in [3.63, 3.8) is 0 Å². The molecule has 2 heterocycles. The van der Waals surface area contributed by atoms with E-state index in [1.807, 2.05) is 0 Å². The minimum absolute atomic E-state index is 0.0264. The summed E-state index contributed by atoms with van der Waals surface area (Å²) in [4.78, 5) is 48.0. The maximum absolute atomic E-state index is 12.7. The number of carbonyl (C=O) groups excluding carboxylic acids is 3. The first-order chi connectivity index (χ1) is 13.3. The Morgan fingerprint density at radius 1 is 1.36 bits per heavy atom. The Hall–Kier alpha value is -2.62. The number of amides is 2. The van der Waals surface area contributed by atoms with Gasteiger partial charge in [0.05, 0.1) is 10.8 Å². The molecule has 3 atom stereocenters. The van der Waals surface area contributed by atoms with Gasteiger partial charge >= 0.3 is 6.09 Å². The molecule has 1 aromatic carbocycles. The fraction of sp³-hybridized carbons (Fsp3) is 0.500. The minimum atomic E-state index is -0.547. The van der Waals surface area contributed by atoms with Gasteiger partial charge in [0.1, 0.15) is 6.61 Å². The lowest BCUT2D eigenvalue weighted by molar-refractivity contribution is -0.384. The third-order valence-electron chi connectivity index (χ3n) is 4.94. The molecule has 2 fully saturated rings. The molecule has 0 spiro atoms. The highest BCUT2D eigenvalue weighted by atomic mass is 32.2. The average Bonchev–Trinajstić information content (AvgIpc) is 3.25.